The minimum atomic E-state index is 0.223. The summed E-state index contributed by atoms with van der Waals surface area (Å²) >= 11 is 0. The number of rotatable bonds is 3. The summed E-state index contributed by atoms with van der Waals surface area (Å²) in [6.07, 6.45) is 5.93. The van der Waals surface area contributed by atoms with E-state index in [1.807, 2.05) is 6.07 Å². The molecule has 0 aromatic heterocycles. The van der Waals surface area contributed by atoms with Crippen LogP contribution in [0.25, 0.3) is 0 Å². The quantitative estimate of drug-likeness (QED) is 0.902. The van der Waals surface area contributed by atoms with Gasteiger partial charge in [0.1, 0.15) is 0 Å². The summed E-state index contributed by atoms with van der Waals surface area (Å²) in [5.41, 5.74) is 2.50. The van der Waals surface area contributed by atoms with Gasteiger partial charge in [0, 0.05) is 30.4 Å². The number of nitrogens with zero attached hydrogens (tertiary/aromatic N) is 1. The summed E-state index contributed by atoms with van der Waals surface area (Å²) in [6, 6.07) is 8.33. The largest absolute Gasteiger partial charge is 0.371 e. The zero-order valence-electron chi connectivity index (χ0n) is 13.1. The Hall–Kier alpha value is -1.55. The van der Waals surface area contributed by atoms with E-state index in [0.29, 0.717) is 5.41 Å². The fourth-order valence-electron chi connectivity index (χ4n) is 4.18. The van der Waals surface area contributed by atoms with Crippen LogP contribution in [0.3, 0.4) is 0 Å². The predicted molar refractivity (Wildman–Crippen MR) is 89.2 cm³/mol. The minimum Gasteiger partial charge on any atom is -0.371 e. The third kappa shape index (κ3) is 2.60. The summed E-state index contributed by atoms with van der Waals surface area (Å²) in [6.45, 7) is 4.40. The lowest BCUT2D eigenvalue weighted by Crippen LogP contribution is -2.31. The minimum absolute atomic E-state index is 0.223. The first-order valence-corrected chi connectivity index (χ1v) is 8.63. The van der Waals surface area contributed by atoms with Crippen molar-refractivity contribution in [3.8, 4) is 0 Å². The van der Waals surface area contributed by atoms with Gasteiger partial charge >= 0.3 is 0 Å². The van der Waals surface area contributed by atoms with E-state index in [2.05, 4.69) is 33.7 Å². The second-order valence-corrected chi connectivity index (χ2v) is 7.10. The van der Waals surface area contributed by atoms with Gasteiger partial charge in [0.15, 0.2) is 0 Å². The highest BCUT2D eigenvalue weighted by Gasteiger charge is 2.57. The first kappa shape index (κ1) is 14.1. The van der Waals surface area contributed by atoms with Crippen LogP contribution in [-0.2, 0) is 4.79 Å². The SMILES string of the molecule is O=C(Nc1cccc(N2CCCC2)c1)C1CC12CCNCC2. The van der Waals surface area contributed by atoms with Gasteiger partial charge in [0.05, 0.1) is 0 Å². The molecule has 1 aliphatic carbocycles. The molecule has 4 heteroatoms. The molecule has 1 amide bonds. The van der Waals surface area contributed by atoms with E-state index in [0.717, 1.165) is 51.1 Å². The summed E-state index contributed by atoms with van der Waals surface area (Å²) < 4.78 is 0. The van der Waals surface area contributed by atoms with E-state index in [1.165, 1.54) is 18.5 Å². The number of hydrogen-bond acceptors (Lipinski definition) is 3. The number of hydrogen-bond donors (Lipinski definition) is 2. The van der Waals surface area contributed by atoms with Crippen LogP contribution in [-0.4, -0.2) is 32.1 Å². The summed E-state index contributed by atoms with van der Waals surface area (Å²) in [5.74, 6) is 0.450. The highest BCUT2D eigenvalue weighted by Crippen LogP contribution is 2.58. The van der Waals surface area contributed by atoms with E-state index < -0.39 is 0 Å². The van der Waals surface area contributed by atoms with Crippen LogP contribution in [0.5, 0.6) is 0 Å². The Morgan fingerprint density at radius 3 is 2.77 bits per heavy atom. The number of anilines is 2. The lowest BCUT2D eigenvalue weighted by molar-refractivity contribution is -0.118. The predicted octanol–water partition coefficient (Wildman–Crippen LogP) is 2.62. The average molecular weight is 299 g/mol. The van der Waals surface area contributed by atoms with Gasteiger partial charge in [0.2, 0.25) is 5.91 Å². The van der Waals surface area contributed by atoms with E-state index in [9.17, 15) is 4.79 Å². The third-order valence-corrected chi connectivity index (χ3v) is 5.69. The Labute approximate surface area is 132 Å². The van der Waals surface area contributed by atoms with Gasteiger partial charge in [-0.05, 0) is 68.8 Å². The van der Waals surface area contributed by atoms with Gasteiger partial charge in [0.25, 0.3) is 0 Å². The molecule has 1 unspecified atom stereocenters. The first-order valence-electron chi connectivity index (χ1n) is 8.63. The molecule has 3 fully saturated rings. The Morgan fingerprint density at radius 1 is 1.23 bits per heavy atom. The molecule has 0 radical (unpaired) electrons. The van der Waals surface area contributed by atoms with Crippen molar-refractivity contribution in [3.63, 3.8) is 0 Å². The van der Waals surface area contributed by atoms with Crippen molar-refractivity contribution in [3.05, 3.63) is 24.3 Å². The second kappa shape index (κ2) is 5.58. The van der Waals surface area contributed by atoms with Gasteiger partial charge in [-0.2, -0.15) is 0 Å². The molecule has 118 valence electrons. The van der Waals surface area contributed by atoms with Crippen LogP contribution in [0, 0.1) is 11.3 Å². The van der Waals surface area contributed by atoms with Crippen molar-refractivity contribution in [1.82, 2.24) is 5.32 Å². The Bertz CT molecular complexity index is 559. The molecule has 1 aromatic carbocycles. The Morgan fingerprint density at radius 2 is 2.00 bits per heavy atom. The van der Waals surface area contributed by atoms with Gasteiger partial charge in [-0.25, -0.2) is 0 Å². The zero-order chi connectivity index (χ0) is 15.0. The Balaban J connectivity index is 1.41. The number of nitrogens with one attached hydrogen (secondary N) is 2. The van der Waals surface area contributed by atoms with Gasteiger partial charge in [-0.15, -0.1) is 0 Å². The molecule has 2 saturated heterocycles. The fourth-order valence-corrected chi connectivity index (χ4v) is 4.18. The maximum absolute atomic E-state index is 12.5. The van der Waals surface area contributed by atoms with Gasteiger partial charge in [-0.3, -0.25) is 4.79 Å². The number of amides is 1. The van der Waals surface area contributed by atoms with Crippen LogP contribution in [0.1, 0.15) is 32.1 Å². The smallest absolute Gasteiger partial charge is 0.228 e. The van der Waals surface area contributed by atoms with Crippen molar-refractivity contribution < 1.29 is 4.79 Å². The van der Waals surface area contributed by atoms with Crippen molar-refractivity contribution in [2.45, 2.75) is 32.1 Å². The lowest BCUT2D eigenvalue weighted by Gasteiger charge is -2.23. The second-order valence-electron chi connectivity index (χ2n) is 7.10. The van der Waals surface area contributed by atoms with Gasteiger partial charge < -0.3 is 15.5 Å². The molecule has 2 N–H and O–H groups in total. The summed E-state index contributed by atoms with van der Waals surface area (Å²) in [5, 5.41) is 6.54. The highest BCUT2D eigenvalue weighted by molar-refractivity contribution is 5.95. The molecule has 2 heterocycles. The number of benzene rings is 1. The Kier molecular flexibility index (Phi) is 3.57. The molecule has 0 bridgehead atoms. The molecule has 4 nitrogen and oxygen atoms in total. The highest BCUT2D eigenvalue weighted by atomic mass is 16.2. The molecule has 4 rings (SSSR count). The summed E-state index contributed by atoms with van der Waals surface area (Å²) in [7, 11) is 0. The average Bonchev–Trinajstić information content (AvgIpc) is 3.00. The molecule has 1 atom stereocenters. The molecule has 22 heavy (non-hydrogen) atoms. The maximum Gasteiger partial charge on any atom is 0.228 e. The molecule has 1 aromatic rings. The fraction of sp³-hybridized carbons (Fsp3) is 0.611. The first-order chi connectivity index (χ1) is 10.8. The van der Waals surface area contributed by atoms with E-state index in [1.54, 1.807) is 0 Å². The summed E-state index contributed by atoms with van der Waals surface area (Å²) in [4.78, 5) is 14.9. The monoisotopic (exact) mass is 299 g/mol. The van der Waals surface area contributed by atoms with Crippen LogP contribution >= 0.6 is 0 Å². The van der Waals surface area contributed by atoms with Crippen LogP contribution in [0.2, 0.25) is 0 Å². The van der Waals surface area contributed by atoms with Crippen molar-refractivity contribution >= 4 is 17.3 Å². The maximum atomic E-state index is 12.5. The zero-order valence-corrected chi connectivity index (χ0v) is 13.1. The van der Waals surface area contributed by atoms with E-state index >= 15 is 0 Å². The van der Waals surface area contributed by atoms with Crippen LogP contribution in [0.4, 0.5) is 11.4 Å². The number of piperidine rings is 1. The van der Waals surface area contributed by atoms with Crippen molar-refractivity contribution in [1.29, 1.82) is 0 Å². The van der Waals surface area contributed by atoms with E-state index in [4.69, 9.17) is 0 Å². The van der Waals surface area contributed by atoms with E-state index in [-0.39, 0.29) is 11.8 Å². The van der Waals surface area contributed by atoms with Gasteiger partial charge in [-0.1, -0.05) is 6.07 Å². The molecule has 1 saturated carbocycles. The topological polar surface area (TPSA) is 44.4 Å². The molecule has 1 spiro atoms. The lowest BCUT2D eigenvalue weighted by atomic mass is 9.92. The molecule has 3 aliphatic rings. The molecular weight excluding hydrogens is 274 g/mol. The standard InChI is InChI=1S/C18H25N3O/c22-17(16-13-18(16)6-8-19-9-7-18)20-14-4-3-5-15(12-14)21-10-1-2-11-21/h3-5,12,16,19H,1-2,6-11,13H2,(H,20,22). The van der Waals surface area contributed by atoms with Crippen LogP contribution in [0.15, 0.2) is 24.3 Å². The van der Waals surface area contributed by atoms with Crippen molar-refractivity contribution in [2.24, 2.45) is 11.3 Å². The van der Waals surface area contributed by atoms with Crippen LogP contribution < -0.4 is 15.5 Å². The third-order valence-electron chi connectivity index (χ3n) is 5.69. The molecular formula is C18H25N3O. The molecule has 2 aliphatic heterocycles. The van der Waals surface area contributed by atoms with Crippen molar-refractivity contribution in [2.75, 3.05) is 36.4 Å². The normalized spacial score (nSPS) is 26.2. The number of carbonyl (C=O) groups excluding carboxylic acids is 1. The number of carbonyl (C=O) groups is 1.